The lowest BCUT2D eigenvalue weighted by molar-refractivity contribution is 0.0450. The SMILES string of the molecule is CN(CC1CCCCC1O)C(=O)c1ccc(-c2ccccc2)[nH]c1=O. The van der Waals surface area contributed by atoms with Crippen molar-refractivity contribution in [3.05, 3.63) is 58.4 Å². The summed E-state index contributed by atoms with van der Waals surface area (Å²) in [6.07, 6.45) is 3.47. The standard InChI is InChI=1S/C20H24N2O3/c1-22(13-15-9-5-6-10-18(15)23)20(25)16-11-12-17(21-19(16)24)14-7-3-2-4-8-14/h2-4,7-8,11-12,15,18,23H,5-6,9-10,13H2,1H3,(H,21,24). The Morgan fingerprint density at radius 2 is 1.88 bits per heavy atom. The summed E-state index contributed by atoms with van der Waals surface area (Å²) in [6, 6.07) is 12.9. The zero-order chi connectivity index (χ0) is 17.8. The van der Waals surface area contributed by atoms with E-state index in [1.807, 2.05) is 30.3 Å². The third-order valence-electron chi connectivity index (χ3n) is 4.95. The second-order valence-electron chi connectivity index (χ2n) is 6.78. The molecule has 5 nitrogen and oxygen atoms in total. The Morgan fingerprint density at radius 1 is 1.16 bits per heavy atom. The van der Waals surface area contributed by atoms with E-state index in [2.05, 4.69) is 4.98 Å². The highest BCUT2D eigenvalue weighted by molar-refractivity contribution is 5.94. The van der Waals surface area contributed by atoms with Crippen LogP contribution in [-0.4, -0.2) is 40.6 Å². The Hall–Kier alpha value is -2.40. The summed E-state index contributed by atoms with van der Waals surface area (Å²) < 4.78 is 0. The Kier molecular flexibility index (Phi) is 5.34. The number of H-pyrrole nitrogens is 1. The van der Waals surface area contributed by atoms with Crippen molar-refractivity contribution in [1.82, 2.24) is 9.88 Å². The fraction of sp³-hybridized carbons (Fsp3) is 0.400. The van der Waals surface area contributed by atoms with Crippen molar-refractivity contribution in [2.45, 2.75) is 31.8 Å². The molecule has 2 N–H and O–H groups in total. The van der Waals surface area contributed by atoms with E-state index in [9.17, 15) is 14.7 Å². The number of aromatic amines is 1. The molecule has 1 aliphatic rings. The van der Waals surface area contributed by atoms with Crippen molar-refractivity contribution in [3.63, 3.8) is 0 Å². The molecule has 0 saturated heterocycles. The number of nitrogens with one attached hydrogen (secondary N) is 1. The average molecular weight is 340 g/mol. The maximum Gasteiger partial charge on any atom is 0.261 e. The molecule has 0 bridgehead atoms. The van der Waals surface area contributed by atoms with E-state index in [0.29, 0.717) is 12.2 Å². The molecule has 132 valence electrons. The fourth-order valence-corrected chi connectivity index (χ4v) is 3.47. The normalized spacial score (nSPS) is 20.2. The molecule has 2 unspecified atom stereocenters. The number of amides is 1. The molecule has 1 saturated carbocycles. The van der Waals surface area contributed by atoms with Gasteiger partial charge >= 0.3 is 0 Å². The van der Waals surface area contributed by atoms with E-state index in [4.69, 9.17) is 0 Å². The Balaban J connectivity index is 1.74. The summed E-state index contributed by atoms with van der Waals surface area (Å²) in [5, 5.41) is 10.1. The number of hydrogen-bond acceptors (Lipinski definition) is 3. The lowest BCUT2D eigenvalue weighted by atomic mass is 9.86. The van der Waals surface area contributed by atoms with Gasteiger partial charge in [0.1, 0.15) is 5.56 Å². The molecule has 1 aromatic heterocycles. The Morgan fingerprint density at radius 3 is 2.56 bits per heavy atom. The predicted octanol–water partition coefficient (Wildman–Crippen LogP) is 2.67. The van der Waals surface area contributed by atoms with E-state index >= 15 is 0 Å². The average Bonchev–Trinajstić information content (AvgIpc) is 2.63. The lowest BCUT2D eigenvalue weighted by Crippen LogP contribution is -2.39. The number of aromatic nitrogens is 1. The van der Waals surface area contributed by atoms with E-state index in [-0.39, 0.29) is 29.1 Å². The molecule has 25 heavy (non-hydrogen) atoms. The summed E-state index contributed by atoms with van der Waals surface area (Å²) in [7, 11) is 1.69. The first-order valence-corrected chi connectivity index (χ1v) is 8.78. The van der Waals surface area contributed by atoms with Gasteiger partial charge in [0.05, 0.1) is 6.10 Å². The fourth-order valence-electron chi connectivity index (χ4n) is 3.47. The highest BCUT2D eigenvalue weighted by Gasteiger charge is 2.26. The van der Waals surface area contributed by atoms with E-state index in [1.54, 1.807) is 24.1 Å². The first-order valence-electron chi connectivity index (χ1n) is 8.78. The molecule has 1 aliphatic carbocycles. The molecule has 1 aromatic carbocycles. The zero-order valence-corrected chi connectivity index (χ0v) is 14.4. The van der Waals surface area contributed by atoms with Crippen LogP contribution in [0, 0.1) is 5.92 Å². The topological polar surface area (TPSA) is 73.4 Å². The van der Waals surface area contributed by atoms with Gasteiger partial charge in [-0.2, -0.15) is 0 Å². The van der Waals surface area contributed by atoms with Crippen LogP contribution in [0.3, 0.4) is 0 Å². The molecular formula is C20H24N2O3. The molecule has 2 aromatic rings. The molecule has 0 radical (unpaired) electrons. The summed E-state index contributed by atoms with van der Waals surface area (Å²) >= 11 is 0. The highest BCUT2D eigenvalue weighted by atomic mass is 16.3. The van der Waals surface area contributed by atoms with Crippen LogP contribution in [0.1, 0.15) is 36.0 Å². The van der Waals surface area contributed by atoms with Gasteiger partial charge in [-0.1, -0.05) is 43.2 Å². The van der Waals surface area contributed by atoms with Crippen LogP contribution in [-0.2, 0) is 0 Å². The van der Waals surface area contributed by atoms with Gasteiger partial charge in [-0.05, 0) is 30.5 Å². The summed E-state index contributed by atoms with van der Waals surface area (Å²) in [5.41, 5.74) is 1.33. The van der Waals surface area contributed by atoms with Gasteiger partial charge in [0.15, 0.2) is 0 Å². The van der Waals surface area contributed by atoms with Crippen molar-refractivity contribution in [2.75, 3.05) is 13.6 Å². The van der Waals surface area contributed by atoms with Crippen LogP contribution in [0.5, 0.6) is 0 Å². The third kappa shape index (κ3) is 3.99. The second kappa shape index (κ2) is 7.66. The van der Waals surface area contributed by atoms with Gasteiger partial charge in [0.25, 0.3) is 11.5 Å². The largest absolute Gasteiger partial charge is 0.393 e. The van der Waals surface area contributed by atoms with Crippen LogP contribution >= 0.6 is 0 Å². The van der Waals surface area contributed by atoms with E-state index < -0.39 is 0 Å². The number of rotatable bonds is 4. The van der Waals surface area contributed by atoms with Crippen LogP contribution < -0.4 is 5.56 Å². The third-order valence-corrected chi connectivity index (χ3v) is 4.95. The van der Waals surface area contributed by atoms with Crippen LogP contribution in [0.4, 0.5) is 0 Å². The molecule has 0 aliphatic heterocycles. The number of nitrogens with zero attached hydrogens (tertiary/aromatic N) is 1. The minimum atomic E-state index is -0.387. The zero-order valence-electron chi connectivity index (χ0n) is 14.4. The second-order valence-corrected chi connectivity index (χ2v) is 6.78. The number of pyridine rings is 1. The number of aliphatic hydroxyl groups is 1. The molecule has 1 fully saturated rings. The Bertz CT molecular complexity index is 785. The van der Waals surface area contributed by atoms with E-state index in [1.165, 1.54) is 0 Å². The lowest BCUT2D eigenvalue weighted by Gasteiger charge is -2.31. The van der Waals surface area contributed by atoms with Gasteiger partial charge in [-0.25, -0.2) is 0 Å². The molecule has 2 atom stereocenters. The quantitative estimate of drug-likeness (QED) is 0.899. The molecule has 1 amide bonds. The van der Waals surface area contributed by atoms with Crippen molar-refractivity contribution in [3.8, 4) is 11.3 Å². The predicted molar refractivity (Wildman–Crippen MR) is 97.4 cm³/mol. The van der Waals surface area contributed by atoms with E-state index in [0.717, 1.165) is 31.2 Å². The summed E-state index contributed by atoms with van der Waals surface area (Å²) in [6.45, 7) is 0.472. The van der Waals surface area contributed by atoms with Gasteiger partial charge in [-0.15, -0.1) is 0 Å². The first-order chi connectivity index (χ1) is 12.1. The Labute approximate surface area is 147 Å². The number of aliphatic hydroxyl groups excluding tert-OH is 1. The molecule has 5 heteroatoms. The van der Waals surface area contributed by atoms with Gasteiger partial charge in [-0.3, -0.25) is 9.59 Å². The summed E-state index contributed by atoms with van der Waals surface area (Å²) in [4.78, 5) is 29.3. The molecule has 1 heterocycles. The summed E-state index contributed by atoms with van der Waals surface area (Å²) in [5.74, 6) is -0.219. The van der Waals surface area contributed by atoms with Crippen LogP contribution in [0.2, 0.25) is 0 Å². The van der Waals surface area contributed by atoms with Gasteiger partial charge in [0, 0.05) is 25.2 Å². The van der Waals surface area contributed by atoms with Crippen molar-refractivity contribution in [2.24, 2.45) is 5.92 Å². The van der Waals surface area contributed by atoms with Crippen molar-refractivity contribution in [1.29, 1.82) is 0 Å². The van der Waals surface area contributed by atoms with Crippen LogP contribution in [0.15, 0.2) is 47.3 Å². The molecular weight excluding hydrogens is 316 g/mol. The minimum absolute atomic E-state index is 0.0883. The van der Waals surface area contributed by atoms with Crippen molar-refractivity contribution < 1.29 is 9.90 Å². The molecule has 3 rings (SSSR count). The minimum Gasteiger partial charge on any atom is -0.393 e. The maximum absolute atomic E-state index is 12.6. The number of carbonyl (C=O) groups is 1. The van der Waals surface area contributed by atoms with Gasteiger partial charge < -0.3 is 15.0 Å². The maximum atomic E-state index is 12.6. The number of benzene rings is 1. The molecule has 0 spiro atoms. The number of carbonyl (C=O) groups excluding carboxylic acids is 1. The van der Waals surface area contributed by atoms with Gasteiger partial charge in [0.2, 0.25) is 0 Å². The first kappa shape index (κ1) is 17.4. The van der Waals surface area contributed by atoms with Crippen molar-refractivity contribution >= 4 is 5.91 Å². The highest BCUT2D eigenvalue weighted by Crippen LogP contribution is 2.25. The number of hydrogen-bond donors (Lipinski definition) is 2. The smallest absolute Gasteiger partial charge is 0.261 e. The monoisotopic (exact) mass is 340 g/mol. The van der Waals surface area contributed by atoms with Crippen LogP contribution in [0.25, 0.3) is 11.3 Å².